The van der Waals surface area contributed by atoms with E-state index in [2.05, 4.69) is 15.0 Å². The van der Waals surface area contributed by atoms with E-state index in [-0.39, 0.29) is 0 Å². The number of rotatable bonds is 3. The molecule has 3 heterocycles. The molecule has 5 nitrogen and oxygen atoms in total. The Morgan fingerprint density at radius 3 is 2.57 bits per heavy atom. The Morgan fingerprint density at radius 1 is 1.00 bits per heavy atom. The van der Waals surface area contributed by atoms with Crippen molar-refractivity contribution in [3.05, 3.63) is 55.0 Å². The van der Waals surface area contributed by atoms with E-state index < -0.39 is 0 Å². The summed E-state index contributed by atoms with van der Waals surface area (Å²) in [6.07, 6.45) is 5.25. The van der Waals surface area contributed by atoms with Gasteiger partial charge in [0.15, 0.2) is 0 Å². The molecule has 3 aromatic heterocycles. The van der Waals surface area contributed by atoms with Crippen molar-refractivity contribution in [3.63, 3.8) is 0 Å². The van der Waals surface area contributed by atoms with Crippen LogP contribution in [-0.2, 0) is 0 Å². The minimum atomic E-state index is 0.471. The van der Waals surface area contributed by atoms with Gasteiger partial charge in [-0.15, -0.1) is 0 Å². The van der Waals surface area contributed by atoms with Gasteiger partial charge in [-0.1, -0.05) is 0 Å². The fourth-order valence-corrected chi connectivity index (χ4v) is 2.09. The van der Waals surface area contributed by atoms with E-state index in [1.54, 1.807) is 31.8 Å². The van der Waals surface area contributed by atoms with Crippen molar-refractivity contribution in [2.24, 2.45) is 0 Å². The van der Waals surface area contributed by atoms with Gasteiger partial charge in [0.05, 0.1) is 12.8 Å². The van der Waals surface area contributed by atoms with Gasteiger partial charge in [-0.2, -0.15) is 0 Å². The molecule has 0 bridgehead atoms. The number of pyridine rings is 3. The standard InChI is InChI=1S/C16H14N4O/c1-21-15-7-4-11(10-19-15)13-5-6-14(17)20-16(13)12-3-2-8-18-9-12/h2-10H,1H3,(H2,17,20). The Balaban J connectivity index is 2.13. The second kappa shape index (κ2) is 5.58. The second-order valence-corrected chi connectivity index (χ2v) is 4.46. The first-order valence-electron chi connectivity index (χ1n) is 6.45. The molecule has 0 aromatic carbocycles. The number of methoxy groups -OCH3 is 1. The predicted octanol–water partition coefficient (Wildman–Crippen LogP) is 2.80. The molecule has 5 heteroatoms. The van der Waals surface area contributed by atoms with Crippen LogP contribution in [0.4, 0.5) is 5.82 Å². The Morgan fingerprint density at radius 2 is 1.90 bits per heavy atom. The van der Waals surface area contributed by atoms with E-state index in [1.807, 2.05) is 30.3 Å². The summed E-state index contributed by atoms with van der Waals surface area (Å²) in [6, 6.07) is 11.3. The summed E-state index contributed by atoms with van der Waals surface area (Å²) in [5.41, 5.74) is 9.42. The van der Waals surface area contributed by atoms with E-state index in [1.165, 1.54) is 0 Å². The van der Waals surface area contributed by atoms with Crippen molar-refractivity contribution in [2.45, 2.75) is 0 Å². The molecule has 0 aliphatic carbocycles. The number of aromatic nitrogens is 3. The fraction of sp³-hybridized carbons (Fsp3) is 0.0625. The average Bonchev–Trinajstić information content (AvgIpc) is 2.56. The quantitative estimate of drug-likeness (QED) is 0.797. The van der Waals surface area contributed by atoms with Crippen LogP contribution < -0.4 is 10.5 Å². The largest absolute Gasteiger partial charge is 0.481 e. The molecule has 3 aromatic rings. The van der Waals surface area contributed by atoms with E-state index in [4.69, 9.17) is 10.5 Å². The SMILES string of the molecule is COc1ccc(-c2ccc(N)nc2-c2cccnc2)cn1. The van der Waals surface area contributed by atoms with Crippen molar-refractivity contribution >= 4 is 5.82 Å². The molecule has 21 heavy (non-hydrogen) atoms. The van der Waals surface area contributed by atoms with Crippen LogP contribution in [0.15, 0.2) is 55.0 Å². The zero-order valence-corrected chi connectivity index (χ0v) is 11.5. The maximum absolute atomic E-state index is 5.82. The van der Waals surface area contributed by atoms with Crippen molar-refractivity contribution in [3.8, 4) is 28.3 Å². The second-order valence-electron chi connectivity index (χ2n) is 4.46. The summed E-state index contributed by atoms with van der Waals surface area (Å²) in [5, 5.41) is 0. The molecule has 0 unspecified atom stereocenters. The summed E-state index contributed by atoms with van der Waals surface area (Å²) in [5.74, 6) is 1.05. The molecule has 0 atom stereocenters. The normalized spacial score (nSPS) is 10.3. The van der Waals surface area contributed by atoms with E-state index in [9.17, 15) is 0 Å². The highest BCUT2D eigenvalue weighted by molar-refractivity contribution is 5.81. The van der Waals surface area contributed by atoms with Crippen LogP contribution in [-0.4, -0.2) is 22.1 Å². The van der Waals surface area contributed by atoms with Gasteiger partial charge in [-0.3, -0.25) is 4.98 Å². The van der Waals surface area contributed by atoms with Gasteiger partial charge in [0.1, 0.15) is 5.82 Å². The van der Waals surface area contributed by atoms with Gasteiger partial charge >= 0.3 is 0 Å². The highest BCUT2D eigenvalue weighted by atomic mass is 16.5. The van der Waals surface area contributed by atoms with Crippen LogP contribution in [0.3, 0.4) is 0 Å². The van der Waals surface area contributed by atoms with Crippen molar-refractivity contribution in [1.29, 1.82) is 0 Å². The molecule has 0 aliphatic heterocycles. The number of nitrogen functional groups attached to an aromatic ring is 1. The Kier molecular flexibility index (Phi) is 3.47. The molecule has 0 saturated carbocycles. The minimum absolute atomic E-state index is 0.471. The monoisotopic (exact) mass is 278 g/mol. The number of anilines is 1. The fourth-order valence-electron chi connectivity index (χ4n) is 2.09. The first-order chi connectivity index (χ1) is 10.3. The summed E-state index contributed by atoms with van der Waals surface area (Å²) >= 11 is 0. The van der Waals surface area contributed by atoms with Crippen LogP contribution in [0, 0.1) is 0 Å². The molecule has 2 N–H and O–H groups in total. The Hall–Kier alpha value is -2.95. The predicted molar refractivity (Wildman–Crippen MR) is 81.7 cm³/mol. The van der Waals surface area contributed by atoms with E-state index >= 15 is 0 Å². The zero-order chi connectivity index (χ0) is 14.7. The van der Waals surface area contributed by atoms with Crippen molar-refractivity contribution in [2.75, 3.05) is 12.8 Å². The number of nitrogens with two attached hydrogens (primary N) is 1. The van der Waals surface area contributed by atoms with Gasteiger partial charge in [0.2, 0.25) is 5.88 Å². The summed E-state index contributed by atoms with van der Waals surface area (Å²) in [4.78, 5) is 12.8. The Labute approximate surface area is 122 Å². The zero-order valence-electron chi connectivity index (χ0n) is 11.5. The van der Waals surface area contributed by atoms with Crippen LogP contribution >= 0.6 is 0 Å². The highest BCUT2D eigenvalue weighted by Gasteiger charge is 2.10. The van der Waals surface area contributed by atoms with Crippen LogP contribution in [0.5, 0.6) is 5.88 Å². The van der Waals surface area contributed by atoms with Gasteiger partial charge in [-0.05, 0) is 30.3 Å². The molecule has 0 amide bonds. The van der Waals surface area contributed by atoms with Crippen LogP contribution in [0.2, 0.25) is 0 Å². The van der Waals surface area contributed by atoms with Crippen LogP contribution in [0.1, 0.15) is 0 Å². The molecule has 3 rings (SSSR count). The lowest BCUT2D eigenvalue weighted by molar-refractivity contribution is 0.398. The first kappa shape index (κ1) is 13.1. The molecular formula is C16H14N4O. The summed E-state index contributed by atoms with van der Waals surface area (Å²) in [6.45, 7) is 0. The van der Waals surface area contributed by atoms with Crippen LogP contribution in [0.25, 0.3) is 22.4 Å². The van der Waals surface area contributed by atoms with Gasteiger partial charge in [0.25, 0.3) is 0 Å². The lowest BCUT2D eigenvalue weighted by Gasteiger charge is -2.10. The first-order valence-corrected chi connectivity index (χ1v) is 6.45. The number of ether oxygens (including phenoxy) is 1. The van der Waals surface area contributed by atoms with Crippen molar-refractivity contribution in [1.82, 2.24) is 15.0 Å². The lowest BCUT2D eigenvalue weighted by atomic mass is 10.0. The number of hydrogen-bond donors (Lipinski definition) is 1. The molecule has 0 aliphatic rings. The Bertz CT molecular complexity index is 742. The smallest absolute Gasteiger partial charge is 0.212 e. The maximum atomic E-state index is 5.82. The molecular weight excluding hydrogens is 264 g/mol. The molecule has 0 saturated heterocycles. The van der Waals surface area contributed by atoms with Gasteiger partial charge < -0.3 is 10.5 Å². The third-order valence-corrected chi connectivity index (χ3v) is 3.11. The summed E-state index contributed by atoms with van der Waals surface area (Å²) < 4.78 is 5.08. The van der Waals surface area contributed by atoms with E-state index in [0.717, 1.165) is 22.4 Å². The third kappa shape index (κ3) is 2.67. The number of nitrogens with zero attached hydrogens (tertiary/aromatic N) is 3. The van der Waals surface area contributed by atoms with E-state index in [0.29, 0.717) is 11.7 Å². The average molecular weight is 278 g/mol. The van der Waals surface area contributed by atoms with Gasteiger partial charge in [-0.25, -0.2) is 9.97 Å². The molecule has 0 radical (unpaired) electrons. The van der Waals surface area contributed by atoms with Gasteiger partial charge in [0, 0.05) is 41.3 Å². The molecule has 0 fully saturated rings. The third-order valence-electron chi connectivity index (χ3n) is 3.11. The highest BCUT2D eigenvalue weighted by Crippen LogP contribution is 2.31. The molecule has 0 spiro atoms. The molecule has 104 valence electrons. The minimum Gasteiger partial charge on any atom is -0.481 e. The summed E-state index contributed by atoms with van der Waals surface area (Å²) in [7, 11) is 1.59. The van der Waals surface area contributed by atoms with Crippen molar-refractivity contribution < 1.29 is 4.74 Å². The maximum Gasteiger partial charge on any atom is 0.212 e. The topological polar surface area (TPSA) is 73.9 Å². The lowest BCUT2D eigenvalue weighted by Crippen LogP contribution is -1.96. The number of hydrogen-bond acceptors (Lipinski definition) is 5.